The molecule has 1 atom stereocenters. The minimum atomic E-state index is -5.36. The maximum Gasteiger partial charge on any atom is 0.425 e. The van der Waals surface area contributed by atoms with Crippen molar-refractivity contribution < 1.29 is 31.9 Å². The molecule has 1 aliphatic heterocycles. The van der Waals surface area contributed by atoms with Crippen LogP contribution in [0.2, 0.25) is 5.02 Å². The van der Waals surface area contributed by atoms with Gasteiger partial charge in [-0.05, 0) is 42.2 Å². The predicted octanol–water partition coefficient (Wildman–Crippen LogP) is 5.20. The zero-order chi connectivity index (χ0) is 25.1. The molecule has 2 aromatic carbocycles. The van der Waals surface area contributed by atoms with Gasteiger partial charge in [-0.15, -0.1) is 0 Å². The molecule has 2 aromatic rings. The average Bonchev–Trinajstić information content (AvgIpc) is 2.98. The number of carbonyl (C=O) groups excluding carboxylic acids is 3. The van der Waals surface area contributed by atoms with E-state index >= 15 is 0 Å². The highest BCUT2D eigenvalue weighted by Crippen LogP contribution is 2.53. The Kier molecular flexibility index (Phi) is 5.59. The fourth-order valence-corrected chi connectivity index (χ4v) is 4.66. The summed E-state index contributed by atoms with van der Waals surface area (Å²) in [6, 6.07) is 10.1. The summed E-state index contributed by atoms with van der Waals surface area (Å²) in [7, 11) is 0. The monoisotopic (exact) mass is 494 g/mol. The first kappa shape index (κ1) is 23.9. The largest absolute Gasteiger partial charge is 0.425 e. The first-order chi connectivity index (χ1) is 15.8. The van der Waals surface area contributed by atoms with E-state index in [0.29, 0.717) is 0 Å². The Morgan fingerprint density at radius 3 is 2.29 bits per heavy atom. The number of amides is 2. The molecule has 0 spiro atoms. The summed E-state index contributed by atoms with van der Waals surface area (Å²) >= 11 is 5.84. The van der Waals surface area contributed by atoms with E-state index in [1.54, 1.807) is 19.9 Å². The molecule has 1 aliphatic carbocycles. The van der Waals surface area contributed by atoms with Gasteiger partial charge in [0.2, 0.25) is 5.54 Å². The van der Waals surface area contributed by atoms with Crippen LogP contribution in [0.4, 0.5) is 23.2 Å². The quantitative estimate of drug-likeness (QED) is 0.596. The fourth-order valence-electron chi connectivity index (χ4n) is 4.48. The normalized spacial score (nSPS) is 22.1. The molecule has 0 aromatic heterocycles. The number of rotatable bonds is 3. The number of Topliss-reactive ketones (excluding diaryl/α,β-unsaturated/α-hetero) is 1. The second-order valence-corrected chi connectivity index (χ2v) is 9.48. The highest BCUT2D eigenvalue weighted by Gasteiger charge is 2.72. The van der Waals surface area contributed by atoms with Gasteiger partial charge >= 0.3 is 6.18 Å². The highest BCUT2D eigenvalue weighted by molar-refractivity contribution is 6.31. The number of hydrogen-bond acceptors (Lipinski definition) is 3. The van der Waals surface area contributed by atoms with Gasteiger partial charge in [-0.1, -0.05) is 43.6 Å². The smallest absolute Gasteiger partial charge is 0.326 e. The van der Waals surface area contributed by atoms with E-state index in [1.165, 1.54) is 24.3 Å². The summed E-state index contributed by atoms with van der Waals surface area (Å²) < 4.78 is 58.1. The molecule has 0 saturated heterocycles. The van der Waals surface area contributed by atoms with Gasteiger partial charge in [0.1, 0.15) is 5.82 Å². The van der Waals surface area contributed by atoms with E-state index in [0.717, 1.165) is 23.1 Å². The first-order valence-corrected chi connectivity index (χ1v) is 10.7. The number of nitrogens with zero attached hydrogens (tertiary/aromatic N) is 1. The van der Waals surface area contributed by atoms with Crippen LogP contribution in [-0.2, 0) is 9.59 Å². The van der Waals surface area contributed by atoms with Gasteiger partial charge in [0, 0.05) is 17.7 Å². The minimum absolute atomic E-state index is 0.0617. The van der Waals surface area contributed by atoms with Crippen molar-refractivity contribution >= 4 is 34.9 Å². The van der Waals surface area contributed by atoms with Gasteiger partial charge in [-0.25, -0.2) is 4.39 Å². The Morgan fingerprint density at radius 1 is 1.06 bits per heavy atom. The molecule has 2 amide bonds. The van der Waals surface area contributed by atoms with E-state index in [2.05, 4.69) is 0 Å². The third-order valence-electron chi connectivity index (χ3n) is 5.94. The average molecular weight is 495 g/mol. The van der Waals surface area contributed by atoms with Crippen molar-refractivity contribution in [2.75, 3.05) is 4.90 Å². The molecule has 1 N–H and O–H groups in total. The molecular weight excluding hydrogens is 476 g/mol. The van der Waals surface area contributed by atoms with Crippen molar-refractivity contribution in [2.45, 2.75) is 38.4 Å². The summed E-state index contributed by atoms with van der Waals surface area (Å²) in [6.45, 7) is 3.37. The van der Waals surface area contributed by atoms with Crippen molar-refractivity contribution in [1.82, 2.24) is 5.32 Å². The number of anilines is 1. The molecule has 0 fully saturated rings. The lowest BCUT2D eigenvalue weighted by molar-refractivity contribution is -0.186. The Hall–Kier alpha value is -3.20. The molecule has 0 saturated carbocycles. The zero-order valence-corrected chi connectivity index (χ0v) is 18.9. The topological polar surface area (TPSA) is 66.5 Å². The van der Waals surface area contributed by atoms with E-state index < -0.39 is 51.1 Å². The molecule has 1 unspecified atom stereocenters. The Bertz CT molecular complexity index is 1240. The summed E-state index contributed by atoms with van der Waals surface area (Å²) in [4.78, 5) is 40.3. The number of benzene rings is 2. The lowest BCUT2D eigenvalue weighted by atomic mass is 9.72. The van der Waals surface area contributed by atoms with Crippen molar-refractivity contribution in [3.63, 3.8) is 0 Å². The van der Waals surface area contributed by atoms with Crippen molar-refractivity contribution in [1.29, 1.82) is 0 Å². The van der Waals surface area contributed by atoms with E-state index in [4.69, 9.17) is 11.6 Å². The van der Waals surface area contributed by atoms with Gasteiger partial charge < -0.3 is 5.32 Å². The van der Waals surface area contributed by atoms with Gasteiger partial charge in [-0.3, -0.25) is 19.3 Å². The van der Waals surface area contributed by atoms with Crippen LogP contribution in [-0.4, -0.2) is 29.3 Å². The van der Waals surface area contributed by atoms with Gasteiger partial charge in [-0.2, -0.15) is 13.2 Å². The van der Waals surface area contributed by atoms with Crippen molar-refractivity contribution in [3.8, 4) is 0 Å². The van der Waals surface area contributed by atoms with Crippen LogP contribution < -0.4 is 10.2 Å². The van der Waals surface area contributed by atoms with Crippen molar-refractivity contribution in [3.05, 3.63) is 76.2 Å². The fraction of sp³-hybridized carbons (Fsp3) is 0.292. The molecular formula is C24H19ClF4N2O3. The number of ketones is 1. The molecule has 0 bridgehead atoms. The third kappa shape index (κ3) is 3.68. The third-order valence-corrected chi connectivity index (χ3v) is 6.23. The number of alkyl halides is 3. The minimum Gasteiger partial charge on any atom is -0.326 e. The number of nitrogens with one attached hydrogen (secondary N) is 1. The maximum absolute atomic E-state index is 14.8. The van der Waals surface area contributed by atoms with Gasteiger partial charge in [0.05, 0.1) is 16.3 Å². The lowest BCUT2D eigenvalue weighted by Gasteiger charge is -2.35. The molecule has 1 heterocycles. The van der Waals surface area contributed by atoms with Crippen LogP contribution in [0.1, 0.15) is 37.0 Å². The van der Waals surface area contributed by atoms with Gasteiger partial charge in [0.15, 0.2) is 5.78 Å². The molecule has 4 rings (SSSR count). The van der Waals surface area contributed by atoms with E-state index in [9.17, 15) is 31.9 Å². The Balaban J connectivity index is 1.96. The lowest BCUT2D eigenvalue weighted by Crippen LogP contribution is -2.66. The highest BCUT2D eigenvalue weighted by atomic mass is 35.5. The summed E-state index contributed by atoms with van der Waals surface area (Å²) in [5.41, 5.74) is -5.65. The molecule has 5 nitrogen and oxygen atoms in total. The van der Waals surface area contributed by atoms with Crippen LogP contribution >= 0.6 is 11.6 Å². The number of carbonyl (C=O) groups is 3. The van der Waals surface area contributed by atoms with Gasteiger partial charge in [0.25, 0.3) is 11.8 Å². The maximum atomic E-state index is 14.8. The van der Waals surface area contributed by atoms with E-state index in [-0.39, 0.29) is 29.8 Å². The van der Waals surface area contributed by atoms with Crippen LogP contribution in [0.5, 0.6) is 0 Å². The van der Waals surface area contributed by atoms with E-state index in [1.807, 2.05) is 5.32 Å². The molecule has 0 radical (unpaired) electrons. The molecule has 2 aliphatic rings. The van der Waals surface area contributed by atoms with Crippen LogP contribution in [0, 0.1) is 11.2 Å². The summed E-state index contributed by atoms with van der Waals surface area (Å²) in [6.07, 6.45) is -5.67. The Labute approximate surface area is 197 Å². The summed E-state index contributed by atoms with van der Waals surface area (Å²) in [5, 5.41) is 1.43. The standard InChI is InChI=1S/C24H19ClF4N2O3/c1-22(2)11-17-19(18(32)12-22)23(24(27,28)29,30-20(33)13-6-4-3-5-7-13)21(34)31(17)14-8-9-16(26)15(25)10-14/h3-10H,11-12H2,1-2H3,(H,30,33). The predicted molar refractivity (Wildman–Crippen MR) is 117 cm³/mol. The number of hydrogen-bond donors (Lipinski definition) is 1. The molecule has 34 heavy (non-hydrogen) atoms. The van der Waals surface area contributed by atoms with Crippen LogP contribution in [0.15, 0.2) is 59.8 Å². The Morgan fingerprint density at radius 2 is 1.71 bits per heavy atom. The van der Waals surface area contributed by atoms with Crippen LogP contribution in [0.25, 0.3) is 0 Å². The second-order valence-electron chi connectivity index (χ2n) is 9.07. The van der Waals surface area contributed by atoms with Crippen LogP contribution in [0.3, 0.4) is 0 Å². The molecule has 178 valence electrons. The number of halogens is 5. The second kappa shape index (κ2) is 7.94. The molecule has 10 heteroatoms. The first-order valence-electron chi connectivity index (χ1n) is 10.3. The van der Waals surface area contributed by atoms with Crippen molar-refractivity contribution in [2.24, 2.45) is 5.41 Å². The number of allylic oxidation sites excluding steroid dienone is 1. The summed E-state index contributed by atoms with van der Waals surface area (Å²) in [5.74, 6) is -4.48. The SMILES string of the molecule is CC1(C)CC(=O)C2=C(C1)N(c1ccc(F)c(Cl)c1)C(=O)C2(NC(=O)c1ccccc1)C(F)(F)F. The zero-order valence-electron chi connectivity index (χ0n) is 18.1.